The molecule has 8 heteroatoms. The van der Waals surface area contributed by atoms with E-state index in [-0.39, 0.29) is 12.1 Å². The van der Waals surface area contributed by atoms with Crippen LogP contribution >= 0.6 is 22.6 Å². The lowest BCUT2D eigenvalue weighted by Crippen LogP contribution is -2.65. The summed E-state index contributed by atoms with van der Waals surface area (Å²) in [5.41, 5.74) is 3.25. The maximum atomic E-state index is 11.3. The summed E-state index contributed by atoms with van der Waals surface area (Å²) in [6.45, 7) is 6.09. The number of hydrogen-bond acceptors (Lipinski definition) is 7. The lowest BCUT2D eigenvalue weighted by molar-refractivity contribution is -0.292. The Morgan fingerprint density at radius 3 is 1.91 bits per heavy atom. The van der Waals surface area contributed by atoms with Gasteiger partial charge in [0, 0.05) is 13.5 Å². The highest BCUT2D eigenvalue weighted by atomic mass is 127. The quantitative estimate of drug-likeness (QED) is 0.0587. The largest absolute Gasteiger partial charge is 0.466 e. The first-order valence-electron chi connectivity index (χ1n) is 15.5. The van der Waals surface area contributed by atoms with Gasteiger partial charge in [0.05, 0.1) is 33.0 Å². The Kier molecular flexibility index (Phi) is 14.6. The molecule has 1 aliphatic rings. The SMILES string of the molecule is CCCO[C@H]1O[C@H](COCc2ccccc2)[C@@H](OCc2ccccc2)[C@H](OCc2ccccc2)[C@@]1(I)CCCCOC(C)=O. The van der Waals surface area contributed by atoms with Crippen molar-refractivity contribution in [2.45, 2.75) is 87.4 Å². The molecule has 238 valence electrons. The zero-order valence-electron chi connectivity index (χ0n) is 25.8. The van der Waals surface area contributed by atoms with Crippen molar-refractivity contribution < 1.29 is 33.2 Å². The summed E-state index contributed by atoms with van der Waals surface area (Å²) in [4.78, 5) is 11.3. The van der Waals surface area contributed by atoms with Gasteiger partial charge in [0.2, 0.25) is 0 Å². The third-order valence-corrected chi connectivity index (χ3v) is 9.17. The van der Waals surface area contributed by atoms with Crippen molar-refractivity contribution >= 4 is 28.6 Å². The van der Waals surface area contributed by atoms with Crippen molar-refractivity contribution in [1.29, 1.82) is 0 Å². The van der Waals surface area contributed by atoms with E-state index in [0.29, 0.717) is 39.6 Å². The molecule has 0 bridgehead atoms. The van der Waals surface area contributed by atoms with Crippen LogP contribution in [0, 0.1) is 0 Å². The number of hydrogen-bond donors (Lipinski definition) is 0. The summed E-state index contributed by atoms with van der Waals surface area (Å²) in [6.07, 6.45) is 1.35. The van der Waals surface area contributed by atoms with Gasteiger partial charge in [-0.3, -0.25) is 4.79 Å². The van der Waals surface area contributed by atoms with Crippen LogP contribution in [-0.2, 0) is 53.0 Å². The Labute approximate surface area is 275 Å². The van der Waals surface area contributed by atoms with E-state index in [4.69, 9.17) is 28.4 Å². The van der Waals surface area contributed by atoms with Crippen molar-refractivity contribution in [1.82, 2.24) is 0 Å². The monoisotopic (exact) mass is 716 g/mol. The van der Waals surface area contributed by atoms with Crippen LogP contribution in [0.25, 0.3) is 0 Å². The fourth-order valence-corrected chi connectivity index (χ4v) is 6.53. The number of benzene rings is 3. The second-order valence-corrected chi connectivity index (χ2v) is 13.1. The maximum absolute atomic E-state index is 11.3. The molecule has 0 aromatic heterocycles. The molecule has 0 N–H and O–H groups in total. The Morgan fingerprint density at radius 2 is 1.34 bits per heavy atom. The highest BCUT2D eigenvalue weighted by molar-refractivity contribution is 14.1. The molecule has 5 atom stereocenters. The normalized spacial score (nSPS) is 23.3. The minimum absolute atomic E-state index is 0.267. The van der Waals surface area contributed by atoms with Gasteiger partial charge >= 0.3 is 5.97 Å². The molecule has 0 spiro atoms. The molecular weight excluding hydrogens is 671 g/mol. The summed E-state index contributed by atoms with van der Waals surface area (Å²) in [5.74, 6) is -0.267. The fourth-order valence-electron chi connectivity index (χ4n) is 5.28. The van der Waals surface area contributed by atoms with Crippen molar-refractivity contribution in [3.8, 4) is 0 Å². The van der Waals surface area contributed by atoms with E-state index in [9.17, 15) is 4.79 Å². The van der Waals surface area contributed by atoms with Crippen LogP contribution in [0.3, 0.4) is 0 Å². The van der Waals surface area contributed by atoms with E-state index >= 15 is 0 Å². The predicted octanol–water partition coefficient (Wildman–Crippen LogP) is 7.43. The van der Waals surface area contributed by atoms with Crippen molar-refractivity contribution in [2.24, 2.45) is 0 Å². The molecule has 0 radical (unpaired) electrons. The number of rotatable bonds is 18. The molecule has 0 aliphatic carbocycles. The summed E-state index contributed by atoms with van der Waals surface area (Å²) < 4.78 is 37.7. The molecule has 44 heavy (non-hydrogen) atoms. The van der Waals surface area contributed by atoms with Gasteiger partial charge in [0.15, 0.2) is 6.29 Å². The molecule has 4 rings (SSSR count). The number of alkyl halides is 1. The van der Waals surface area contributed by atoms with E-state index in [2.05, 4.69) is 65.9 Å². The Balaban J connectivity index is 1.61. The Morgan fingerprint density at radius 1 is 0.773 bits per heavy atom. The lowest BCUT2D eigenvalue weighted by Gasteiger charge is -2.51. The van der Waals surface area contributed by atoms with Gasteiger partial charge < -0.3 is 28.4 Å². The van der Waals surface area contributed by atoms with Crippen LogP contribution in [0.4, 0.5) is 0 Å². The zero-order valence-corrected chi connectivity index (χ0v) is 27.9. The number of ether oxygens (including phenoxy) is 6. The number of carbonyl (C=O) groups is 1. The highest BCUT2D eigenvalue weighted by Gasteiger charge is 2.56. The number of halogens is 1. The van der Waals surface area contributed by atoms with Gasteiger partial charge in [0.25, 0.3) is 0 Å². The van der Waals surface area contributed by atoms with Crippen LogP contribution in [0.15, 0.2) is 91.0 Å². The topological polar surface area (TPSA) is 72.5 Å². The summed E-state index contributed by atoms with van der Waals surface area (Å²) in [5, 5.41) is 0. The van der Waals surface area contributed by atoms with E-state index in [1.807, 2.05) is 54.6 Å². The standard InChI is InChI=1S/C36H45IO7/c1-3-22-41-35-36(37,21-13-14-23-40-28(2)38)34(43-26-31-19-11-6-12-20-31)33(42-25-30-17-9-5-10-18-30)32(44-35)27-39-24-29-15-7-4-8-16-29/h4-12,15-20,32-35H,3,13-14,21-27H2,1-2H3/t32-,33-,34+,35+,36+/m1/s1. The molecule has 7 nitrogen and oxygen atoms in total. The van der Waals surface area contributed by atoms with Gasteiger partial charge in [0.1, 0.15) is 21.7 Å². The predicted molar refractivity (Wildman–Crippen MR) is 178 cm³/mol. The van der Waals surface area contributed by atoms with E-state index < -0.39 is 21.9 Å². The average Bonchev–Trinajstić information content (AvgIpc) is 3.04. The van der Waals surface area contributed by atoms with Gasteiger partial charge in [-0.2, -0.15) is 0 Å². The molecule has 0 amide bonds. The molecule has 3 aromatic rings. The molecule has 1 aliphatic heterocycles. The van der Waals surface area contributed by atoms with Crippen LogP contribution < -0.4 is 0 Å². The first-order chi connectivity index (χ1) is 21.5. The van der Waals surface area contributed by atoms with Gasteiger partial charge in [-0.15, -0.1) is 0 Å². The molecule has 1 saturated heterocycles. The molecule has 3 aromatic carbocycles. The van der Waals surface area contributed by atoms with E-state index in [1.54, 1.807) is 0 Å². The Hall–Kier alpha value is -2.34. The Bertz CT molecular complexity index is 1210. The third kappa shape index (κ3) is 10.6. The smallest absolute Gasteiger partial charge is 0.302 e. The van der Waals surface area contributed by atoms with Crippen molar-refractivity contribution in [3.63, 3.8) is 0 Å². The average molecular weight is 717 g/mol. The molecular formula is C36H45IO7. The molecule has 1 heterocycles. The molecule has 0 unspecified atom stereocenters. The van der Waals surface area contributed by atoms with Crippen LogP contribution in [-0.4, -0.2) is 53.8 Å². The van der Waals surface area contributed by atoms with Crippen LogP contribution in [0.1, 0.15) is 56.2 Å². The van der Waals surface area contributed by atoms with Crippen LogP contribution in [0.5, 0.6) is 0 Å². The second-order valence-electron chi connectivity index (χ2n) is 11.1. The third-order valence-electron chi connectivity index (χ3n) is 7.51. The summed E-state index contributed by atoms with van der Waals surface area (Å²) in [6, 6.07) is 30.4. The summed E-state index contributed by atoms with van der Waals surface area (Å²) in [7, 11) is 0. The van der Waals surface area contributed by atoms with Gasteiger partial charge in [-0.05, 0) is 42.4 Å². The van der Waals surface area contributed by atoms with Gasteiger partial charge in [-0.1, -0.05) is 121 Å². The minimum Gasteiger partial charge on any atom is -0.466 e. The van der Waals surface area contributed by atoms with Gasteiger partial charge in [-0.25, -0.2) is 0 Å². The minimum atomic E-state index is -0.574. The lowest BCUT2D eigenvalue weighted by atomic mass is 9.86. The molecule has 1 fully saturated rings. The number of esters is 1. The zero-order chi connectivity index (χ0) is 31.0. The highest BCUT2D eigenvalue weighted by Crippen LogP contribution is 2.45. The summed E-state index contributed by atoms with van der Waals surface area (Å²) >= 11 is 2.48. The fraction of sp³-hybridized carbons (Fsp3) is 0.472. The van der Waals surface area contributed by atoms with E-state index in [0.717, 1.165) is 42.4 Å². The van der Waals surface area contributed by atoms with E-state index in [1.165, 1.54) is 6.92 Å². The number of unbranched alkanes of at least 4 members (excludes halogenated alkanes) is 1. The maximum Gasteiger partial charge on any atom is 0.302 e. The number of carbonyl (C=O) groups excluding carboxylic acids is 1. The first-order valence-corrected chi connectivity index (χ1v) is 16.6. The van der Waals surface area contributed by atoms with Crippen molar-refractivity contribution in [2.75, 3.05) is 19.8 Å². The second kappa shape index (κ2) is 18.6. The first kappa shape index (κ1) is 34.5. The van der Waals surface area contributed by atoms with Crippen molar-refractivity contribution in [3.05, 3.63) is 108 Å². The molecule has 0 saturated carbocycles. The van der Waals surface area contributed by atoms with Crippen LogP contribution in [0.2, 0.25) is 0 Å².